The monoisotopic (exact) mass is 1060 g/mol. The Morgan fingerprint density at radius 2 is 0.671 bits per heavy atom. The van der Waals surface area contributed by atoms with Crippen molar-refractivity contribution in [3.8, 4) is 22.3 Å². The molecular weight excluding hydrogens is 991 g/mol. The Bertz CT molecular complexity index is 4140. The van der Waals surface area contributed by atoms with E-state index in [-0.39, 0.29) is 10.8 Å². The molecule has 82 heavy (non-hydrogen) atoms. The van der Waals surface area contributed by atoms with Crippen molar-refractivity contribution in [1.29, 1.82) is 0 Å². The molecule has 11 aromatic rings. The molecule has 11 aromatic carbocycles. The van der Waals surface area contributed by atoms with E-state index in [2.05, 4.69) is 321 Å². The molecule has 2 aliphatic carbocycles. The molecule has 0 saturated carbocycles. The van der Waals surface area contributed by atoms with Gasteiger partial charge in [0.1, 0.15) is 0 Å². The molecule has 3 heteroatoms. The van der Waals surface area contributed by atoms with E-state index in [0.29, 0.717) is 0 Å². The van der Waals surface area contributed by atoms with Crippen molar-refractivity contribution in [3.05, 3.63) is 314 Å². The predicted molar refractivity (Wildman–Crippen MR) is 346 cm³/mol. The lowest BCUT2D eigenvalue weighted by atomic mass is 9.62. The highest BCUT2D eigenvalue weighted by atomic mass is 15.2. The summed E-state index contributed by atoms with van der Waals surface area (Å²) in [6.07, 6.45) is 0. The van der Waals surface area contributed by atoms with E-state index in [9.17, 15) is 0 Å². The number of aryl methyl sites for hydroxylation is 6. The second kappa shape index (κ2) is 19.0. The van der Waals surface area contributed by atoms with Crippen LogP contribution < -0.4 is 14.7 Å². The Morgan fingerprint density at radius 3 is 1.16 bits per heavy atom. The van der Waals surface area contributed by atoms with E-state index < -0.39 is 5.41 Å². The maximum absolute atomic E-state index is 2.48. The molecule has 0 spiro atoms. The minimum absolute atomic E-state index is 0.143. The van der Waals surface area contributed by atoms with Crippen LogP contribution in [-0.4, -0.2) is 0 Å². The predicted octanol–water partition coefficient (Wildman–Crippen LogP) is 21.3. The third-order valence-electron chi connectivity index (χ3n) is 18.9. The summed E-state index contributed by atoms with van der Waals surface area (Å²) in [6, 6.07) is 90.2. The van der Waals surface area contributed by atoms with Gasteiger partial charge in [-0.05, 0) is 228 Å². The molecule has 0 N–H and O–H groups in total. The van der Waals surface area contributed by atoms with E-state index in [4.69, 9.17) is 0 Å². The first-order valence-corrected chi connectivity index (χ1v) is 29.1. The Hall–Kier alpha value is -9.18. The summed E-state index contributed by atoms with van der Waals surface area (Å²) < 4.78 is 0. The van der Waals surface area contributed by atoms with Crippen LogP contribution in [0.3, 0.4) is 0 Å². The van der Waals surface area contributed by atoms with Gasteiger partial charge in [0.25, 0.3) is 0 Å². The van der Waals surface area contributed by atoms with Gasteiger partial charge in [0.15, 0.2) is 0 Å². The molecular formula is C79H69N3. The SMILES string of the molecule is Cc1ccc(N2c3ccccc3C(c3ccc(N(c4ccc(C)c(C)c4)c4ccc5c(c4)C(C)(C)c4ccccc4-5)cc3)(c3ccc(N(c4ccc(C)c(C)c4)c4ccc5c(c4)C(C)(C)c4ccccc4-5)cc3)c3cc(C)ccc32)cc1. The molecule has 14 rings (SSSR count). The smallest absolute Gasteiger partial charge is 0.0742 e. The Labute approximate surface area is 485 Å². The lowest BCUT2D eigenvalue weighted by Gasteiger charge is -2.47. The Balaban J connectivity index is 0.971. The summed E-state index contributed by atoms with van der Waals surface area (Å²) in [5.41, 5.74) is 32.4. The summed E-state index contributed by atoms with van der Waals surface area (Å²) >= 11 is 0. The lowest BCUT2D eigenvalue weighted by molar-refractivity contribution is 0.660. The van der Waals surface area contributed by atoms with Gasteiger partial charge < -0.3 is 14.7 Å². The molecule has 0 fully saturated rings. The van der Waals surface area contributed by atoms with E-state index >= 15 is 0 Å². The zero-order chi connectivity index (χ0) is 56.4. The minimum atomic E-state index is -0.737. The van der Waals surface area contributed by atoms with Gasteiger partial charge in [-0.3, -0.25) is 0 Å². The quantitative estimate of drug-likeness (QED) is 0.143. The maximum atomic E-state index is 2.48. The first-order chi connectivity index (χ1) is 39.6. The van der Waals surface area contributed by atoms with Crippen LogP contribution in [0.5, 0.6) is 0 Å². The van der Waals surface area contributed by atoms with Gasteiger partial charge in [-0.2, -0.15) is 0 Å². The van der Waals surface area contributed by atoms with Gasteiger partial charge in [-0.15, -0.1) is 0 Å². The average Bonchev–Trinajstić information content (AvgIpc) is 1.17. The molecule has 400 valence electrons. The van der Waals surface area contributed by atoms with Crippen LogP contribution in [-0.2, 0) is 16.2 Å². The second-order valence-electron chi connectivity index (χ2n) is 24.6. The molecule has 0 unspecified atom stereocenters. The first kappa shape index (κ1) is 51.0. The van der Waals surface area contributed by atoms with Crippen LogP contribution in [0, 0.1) is 41.5 Å². The normalized spacial score (nSPS) is 14.5. The number of hydrogen-bond donors (Lipinski definition) is 0. The van der Waals surface area contributed by atoms with Crippen LogP contribution in [0.15, 0.2) is 237 Å². The number of nitrogens with zero attached hydrogens (tertiary/aromatic N) is 3. The molecule has 0 amide bonds. The molecule has 0 bridgehead atoms. The van der Waals surface area contributed by atoms with Crippen molar-refractivity contribution < 1.29 is 0 Å². The third-order valence-corrected chi connectivity index (χ3v) is 18.9. The van der Waals surface area contributed by atoms with Crippen LogP contribution in [0.2, 0.25) is 0 Å². The van der Waals surface area contributed by atoms with E-state index in [1.54, 1.807) is 0 Å². The highest BCUT2D eigenvalue weighted by molar-refractivity contribution is 5.92. The van der Waals surface area contributed by atoms with Crippen molar-refractivity contribution in [2.24, 2.45) is 0 Å². The number of para-hydroxylation sites is 1. The summed E-state index contributed by atoms with van der Waals surface area (Å²) in [5, 5.41) is 0. The van der Waals surface area contributed by atoms with Gasteiger partial charge in [0.05, 0.1) is 16.8 Å². The fourth-order valence-electron chi connectivity index (χ4n) is 14.2. The van der Waals surface area contributed by atoms with Gasteiger partial charge in [-0.1, -0.05) is 178 Å². The zero-order valence-corrected chi connectivity index (χ0v) is 48.9. The number of hydrogen-bond acceptors (Lipinski definition) is 3. The van der Waals surface area contributed by atoms with Gasteiger partial charge in [0, 0.05) is 50.6 Å². The molecule has 1 heterocycles. The highest BCUT2D eigenvalue weighted by Crippen LogP contribution is 2.59. The van der Waals surface area contributed by atoms with Crippen molar-refractivity contribution in [2.45, 2.75) is 85.5 Å². The summed E-state index contributed by atoms with van der Waals surface area (Å²) in [4.78, 5) is 7.40. The molecule has 3 nitrogen and oxygen atoms in total. The van der Waals surface area contributed by atoms with Crippen LogP contribution in [0.1, 0.15) is 106 Å². The fraction of sp³-hybridized carbons (Fsp3) is 0.165. The standard InChI is InChI=1S/C79H69N3/c1-50-23-32-60(33-24-50)82-75-22-16-15-21-71(75)79(74-45-51(2)25-44-76(74)82,56-28-36-58(37-29-56)80(61-34-26-52(3)54(5)46-61)63-40-42-67-65-17-11-13-19-69(65)77(7,8)72(67)48-63)57-30-38-59(39-31-57)81(62-35-27-53(4)55(6)47-62)64-41-43-68-66-18-12-14-20-70(66)78(9,10)73(68)49-64/h11-49H,1-10H3. The summed E-state index contributed by atoms with van der Waals surface area (Å²) in [6.45, 7) is 22.8. The number of rotatable bonds is 9. The van der Waals surface area contributed by atoms with Gasteiger partial charge in [0.2, 0.25) is 0 Å². The summed E-state index contributed by atoms with van der Waals surface area (Å²) in [7, 11) is 0. The topological polar surface area (TPSA) is 9.72 Å². The van der Waals surface area contributed by atoms with Crippen LogP contribution in [0.4, 0.5) is 51.2 Å². The number of anilines is 9. The van der Waals surface area contributed by atoms with Crippen LogP contribution in [0.25, 0.3) is 22.3 Å². The number of benzene rings is 11. The van der Waals surface area contributed by atoms with Gasteiger partial charge in [-0.25, -0.2) is 0 Å². The highest BCUT2D eigenvalue weighted by Gasteiger charge is 2.47. The molecule has 3 aliphatic rings. The van der Waals surface area contributed by atoms with Crippen LogP contribution >= 0.6 is 0 Å². The molecule has 0 aromatic heterocycles. The third kappa shape index (κ3) is 7.77. The second-order valence-corrected chi connectivity index (χ2v) is 24.6. The zero-order valence-electron chi connectivity index (χ0n) is 48.9. The molecule has 0 radical (unpaired) electrons. The molecule has 1 aliphatic heterocycles. The number of fused-ring (bicyclic) bond motifs is 8. The minimum Gasteiger partial charge on any atom is -0.310 e. The lowest BCUT2D eigenvalue weighted by Crippen LogP contribution is -2.38. The van der Waals surface area contributed by atoms with Crippen molar-refractivity contribution in [1.82, 2.24) is 0 Å². The first-order valence-electron chi connectivity index (χ1n) is 29.1. The fourth-order valence-corrected chi connectivity index (χ4v) is 14.2. The maximum Gasteiger partial charge on any atom is 0.0742 e. The molecule has 0 atom stereocenters. The van der Waals surface area contributed by atoms with Crippen molar-refractivity contribution in [2.75, 3.05) is 14.7 Å². The molecule has 0 saturated heterocycles. The van der Waals surface area contributed by atoms with E-state index in [1.807, 2.05) is 0 Å². The average molecular weight is 1060 g/mol. The largest absolute Gasteiger partial charge is 0.310 e. The van der Waals surface area contributed by atoms with Crippen molar-refractivity contribution in [3.63, 3.8) is 0 Å². The Morgan fingerprint density at radius 1 is 0.280 bits per heavy atom. The van der Waals surface area contributed by atoms with Gasteiger partial charge >= 0.3 is 0 Å². The van der Waals surface area contributed by atoms with E-state index in [0.717, 1.165) is 45.5 Å². The van der Waals surface area contributed by atoms with E-state index in [1.165, 1.54) is 106 Å². The van der Waals surface area contributed by atoms with Crippen molar-refractivity contribution >= 4 is 51.2 Å². The Kier molecular flexibility index (Phi) is 11.8. The summed E-state index contributed by atoms with van der Waals surface area (Å²) in [5.74, 6) is 0.